The van der Waals surface area contributed by atoms with Gasteiger partial charge in [0.2, 0.25) is 5.91 Å². The minimum Gasteiger partial charge on any atom is -0.378 e. The number of aromatic nitrogens is 1. The number of amides is 1. The Bertz CT molecular complexity index is 519. The van der Waals surface area contributed by atoms with Gasteiger partial charge in [-0.05, 0) is 35.2 Å². The Morgan fingerprint density at radius 1 is 1.50 bits per heavy atom. The van der Waals surface area contributed by atoms with Gasteiger partial charge in [0.15, 0.2) is 0 Å². The monoisotopic (exact) mass is 342 g/mol. The first-order valence-electron chi connectivity index (χ1n) is 6.39. The smallest absolute Gasteiger partial charge is 0.311 e. The lowest BCUT2D eigenvalue weighted by Crippen LogP contribution is -2.25. The van der Waals surface area contributed by atoms with E-state index in [9.17, 15) is 14.9 Å². The zero-order chi connectivity index (χ0) is 14.5. The van der Waals surface area contributed by atoms with Crippen LogP contribution in [0.25, 0.3) is 0 Å². The van der Waals surface area contributed by atoms with Crippen LogP contribution in [0.5, 0.6) is 0 Å². The van der Waals surface area contributed by atoms with E-state index in [4.69, 9.17) is 0 Å². The Kier molecular flexibility index (Phi) is 4.89. The fraction of sp³-hybridized carbons (Fsp3) is 0.500. The number of carbonyl (C=O) groups is 1. The Morgan fingerprint density at radius 2 is 2.25 bits per heavy atom. The summed E-state index contributed by atoms with van der Waals surface area (Å²) in [5.74, 6) is 0.0394. The fourth-order valence-electron chi connectivity index (χ4n) is 1.73. The molecule has 0 aromatic carbocycles. The van der Waals surface area contributed by atoms with Gasteiger partial charge in [-0.1, -0.05) is 0 Å². The number of hydrogen-bond donors (Lipinski definition) is 2. The SMILES string of the molecule is O=C(CCCNc1c(Br)cncc1[N+](=O)[O-])NC1CC1. The van der Waals surface area contributed by atoms with E-state index in [-0.39, 0.29) is 11.6 Å². The second kappa shape index (κ2) is 6.65. The van der Waals surface area contributed by atoms with Crippen molar-refractivity contribution in [2.45, 2.75) is 31.7 Å². The van der Waals surface area contributed by atoms with Crippen molar-refractivity contribution in [2.24, 2.45) is 0 Å². The summed E-state index contributed by atoms with van der Waals surface area (Å²) in [6.07, 6.45) is 5.87. The number of pyridine rings is 1. The molecule has 7 nitrogen and oxygen atoms in total. The number of hydrogen-bond acceptors (Lipinski definition) is 5. The van der Waals surface area contributed by atoms with Crippen LogP contribution >= 0.6 is 15.9 Å². The maximum atomic E-state index is 11.5. The number of halogens is 1. The lowest BCUT2D eigenvalue weighted by atomic mass is 10.2. The Balaban J connectivity index is 1.81. The molecule has 0 spiro atoms. The molecule has 0 atom stereocenters. The predicted octanol–water partition coefficient (Wildman–Crippen LogP) is 2.22. The third-order valence-electron chi connectivity index (χ3n) is 2.90. The van der Waals surface area contributed by atoms with Crippen LogP contribution in [-0.2, 0) is 4.79 Å². The Morgan fingerprint density at radius 3 is 2.90 bits per heavy atom. The van der Waals surface area contributed by atoms with Crippen molar-refractivity contribution in [1.29, 1.82) is 0 Å². The third kappa shape index (κ3) is 4.16. The normalized spacial score (nSPS) is 13.8. The molecule has 1 aromatic rings. The molecule has 1 fully saturated rings. The summed E-state index contributed by atoms with van der Waals surface area (Å²) >= 11 is 3.23. The summed E-state index contributed by atoms with van der Waals surface area (Å²) in [5.41, 5.74) is 0.314. The lowest BCUT2D eigenvalue weighted by molar-refractivity contribution is -0.384. The molecule has 8 heteroatoms. The molecule has 1 aliphatic rings. The first-order chi connectivity index (χ1) is 9.58. The van der Waals surface area contributed by atoms with E-state index < -0.39 is 4.92 Å². The molecule has 108 valence electrons. The van der Waals surface area contributed by atoms with Crippen molar-refractivity contribution in [3.63, 3.8) is 0 Å². The van der Waals surface area contributed by atoms with Crippen LogP contribution in [0.3, 0.4) is 0 Å². The molecule has 2 rings (SSSR count). The average molecular weight is 343 g/mol. The Hall–Kier alpha value is -1.70. The van der Waals surface area contributed by atoms with Crippen LogP contribution in [-0.4, -0.2) is 28.4 Å². The zero-order valence-electron chi connectivity index (χ0n) is 10.8. The van der Waals surface area contributed by atoms with Crippen molar-refractivity contribution >= 4 is 33.2 Å². The summed E-state index contributed by atoms with van der Waals surface area (Å²) in [6, 6.07) is 0.367. The molecule has 0 radical (unpaired) electrons. The highest BCUT2D eigenvalue weighted by atomic mass is 79.9. The molecule has 2 N–H and O–H groups in total. The average Bonchev–Trinajstić information content (AvgIpc) is 3.19. The van der Waals surface area contributed by atoms with Gasteiger partial charge >= 0.3 is 5.69 Å². The maximum absolute atomic E-state index is 11.5. The topological polar surface area (TPSA) is 97.2 Å². The van der Waals surface area contributed by atoms with Crippen LogP contribution in [0.2, 0.25) is 0 Å². The van der Waals surface area contributed by atoms with E-state index in [1.807, 2.05) is 0 Å². The number of carbonyl (C=O) groups excluding carboxylic acids is 1. The van der Waals surface area contributed by atoms with Gasteiger partial charge in [0, 0.05) is 25.2 Å². The van der Waals surface area contributed by atoms with E-state index >= 15 is 0 Å². The molecular weight excluding hydrogens is 328 g/mol. The van der Waals surface area contributed by atoms with Gasteiger partial charge in [-0.25, -0.2) is 0 Å². The van der Waals surface area contributed by atoms with Gasteiger partial charge in [0.25, 0.3) is 0 Å². The Labute approximate surface area is 124 Å². The molecule has 1 aliphatic carbocycles. The van der Waals surface area contributed by atoms with E-state index in [0.717, 1.165) is 12.8 Å². The van der Waals surface area contributed by atoms with Crippen LogP contribution in [0.4, 0.5) is 11.4 Å². The zero-order valence-corrected chi connectivity index (χ0v) is 12.4. The summed E-state index contributed by atoms with van der Waals surface area (Å²) in [6.45, 7) is 0.488. The van der Waals surface area contributed by atoms with Gasteiger partial charge in [-0.2, -0.15) is 0 Å². The van der Waals surface area contributed by atoms with Crippen molar-refractivity contribution in [2.75, 3.05) is 11.9 Å². The predicted molar refractivity (Wildman–Crippen MR) is 77.5 cm³/mol. The molecule has 20 heavy (non-hydrogen) atoms. The molecule has 0 saturated heterocycles. The molecule has 1 amide bonds. The fourth-order valence-corrected chi connectivity index (χ4v) is 2.19. The van der Waals surface area contributed by atoms with Gasteiger partial charge < -0.3 is 10.6 Å². The summed E-state index contributed by atoms with van der Waals surface area (Å²) in [5, 5.41) is 16.8. The largest absolute Gasteiger partial charge is 0.378 e. The van der Waals surface area contributed by atoms with Crippen molar-refractivity contribution < 1.29 is 9.72 Å². The quantitative estimate of drug-likeness (QED) is 0.449. The highest BCUT2D eigenvalue weighted by molar-refractivity contribution is 9.10. The standard InChI is InChI=1S/C12H15BrN4O3/c13-9-6-14-7-10(17(19)20)12(9)15-5-1-2-11(18)16-8-3-4-8/h6-8H,1-5H2,(H,14,15)(H,16,18). The van der Waals surface area contributed by atoms with E-state index in [0.29, 0.717) is 35.6 Å². The molecule has 1 heterocycles. The van der Waals surface area contributed by atoms with Crippen molar-refractivity contribution in [1.82, 2.24) is 10.3 Å². The van der Waals surface area contributed by atoms with Gasteiger partial charge in [0.05, 0.1) is 9.40 Å². The number of nitrogens with zero attached hydrogens (tertiary/aromatic N) is 2. The highest BCUT2D eigenvalue weighted by Gasteiger charge is 2.22. The van der Waals surface area contributed by atoms with Crippen LogP contribution in [0.1, 0.15) is 25.7 Å². The summed E-state index contributed by atoms with van der Waals surface area (Å²) < 4.78 is 0.536. The minimum atomic E-state index is -0.486. The van der Waals surface area contributed by atoms with E-state index in [1.54, 1.807) is 0 Å². The van der Waals surface area contributed by atoms with Gasteiger partial charge in [-0.3, -0.25) is 19.9 Å². The van der Waals surface area contributed by atoms with Crippen LogP contribution in [0, 0.1) is 10.1 Å². The molecule has 0 unspecified atom stereocenters. The number of rotatable bonds is 7. The van der Waals surface area contributed by atoms with Gasteiger partial charge in [-0.15, -0.1) is 0 Å². The number of anilines is 1. The number of nitro groups is 1. The van der Waals surface area contributed by atoms with Crippen molar-refractivity contribution in [3.8, 4) is 0 Å². The van der Waals surface area contributed by atoms with Crippen LogP contribution < -0.4 is 10.6 Å². The minimum absolute atomic E-state index is 0.0394. The highest BCUT2D eigenvalue weighted by Crippen LogP contribution is 2.30. The van der Waals surface area contributed by atoms with Gasteiger partial charge in [0.1, 0.15) is 11.9 Å². The van der Waals surface area contributed by atoms with E-state index in [2.05, 4.69) is 31.5 Å². The van der Waals surface area contributed by atoms with Crippen molar-refractivity contribution in [3.05, 3.63) is 27.0 Å². The molecule has 1 saturated carbocycles. The third-order valence-corrected chi connectivity index (χ3v) is 3.50. The second-order valence-electron chi connectivity index (χ2n) is 4.64. The van der Waals surface area contributed by atoms with Crippen LogP contribution in [0.15, 0.2) is 16.9 Å². The summed E-state index contributed by atoms with van der Waals surface area (Å²) in [4.78, 5) is 25.6. The lowest BCUT2D eigenvalue weighted by Gasteiger charge is -2.08. The second-order valence-corrected chi connectivity index (χ2v) is 5.50. The summed E-state index contributed by atoms with van der Waals surface area (Å²) in [7, 11) is 0. The molecular formula is C12H15BrN4O3. The maximum Gasteiger partial charge on any atom is 0.311 e. The molecule has 0 bridgehead atoms. The van der Waals surface area contributed by atoms with E-state index in [1.165, 1.54) is 12.4 Å². The first-order valence-corrected chi connectivity index (χ1v) is 7.18. The first kappa shape index (κ1) is 14.7. The molecule has 1 aromatic heterocycles. The number of nitrogens with one attached hydrogen (secondary N) is 2. The molecule has 0 aliphatic heterocycles.